The fourth-order valence-corrected chi connectivity index (χ4v) is 5.70. The molecular formula is C19H18ClF3N4O3S. The number of halogens is 4. The van der Waals surface area contributed by atoms with Gasteiger partial charge in [0.25, 0.3) is 0 Å². The molecule has 0 atom stereocenters. The van der Waals surface area contributed by atoms with Crippen LogP contribution in [0, 0.1) is 0 Å². The van der Waals surface area contributed by atoms with Crippen LogP contribution in [-0.2, 0) is 16.2 Å². The minimum atomic E-state index is -4.65. The lowest BCUT2D eigenvalue weighted by Crippen LogP contribution is -2.39. The lowest BCUT2D eigenvalue weighted by molar-refractivity contribution is -0.147. The number of benzene rings is 1. The van der Waals surface area contributed by atoms with E-state index in [0.717, 1.165) is 4.57 Å². The van der Waals surface area contributed by atoms with Crippen LogP contribution in [-0.4, -0.2) is 47.5 Å². The van der Waals surface area contributed by atoms with Crippen LogP contribution < -0.4 is 4.74 Å². The van der Waals surface area contributed by atoms with Crippen LogP contribution in [0.15, 0.2) is 41.4 Å². The molecule has 0 saturated carbocycles. The van der Waals surface area contributed by atoms with Crippen molar-refractivity contribution in [3.63, 3.8) is 0 Å². The molecule has 0 bridgehead atoms. The molecule has 4 rings (SSSR count). The van der Waals surface area contributed by atoms with E-state index in [1.807, 2.05) is 0 Å². The van der Waals surface area contributed by atoms with Gasteiger partial charge in [-0.1, -0.05) is 11.6 Å². The van der Waals surface area contributed by atoms with Crippen molar-refractivity contribution < 1.29 is 26.3 Å². The summed E-state index contributed by atoms with van der Waals surface area (Å²) in [6.07, 6.45) is -2.90. The van der Waals surface area contributed by atoms with Crippen molar-refractivity contribution in [3.8, 4) is 5.75 Å². The molecule has 2 aromatic heterocycles. The number of hydrogen-bond donors (Lipinski definition) is 0. The largest absolute Gasteiger partial charge is 0.495 e. The SMILES string of the molecule is COc1ccc(Cl)cc1S(=O)(=O)N1CCC(n2c(C(F)(F)F)nc3cccnc32)CC1. The maximum atomic E-state index is 13.6. The van der Waals surface area contributed by atoms with Gasteiger partial charge < -0.3 is 9.30 Å². The summed E-state index contributed by atoms with van der Waals surface area (Å²) in [6, 6.07) is 6.68. The van der Waals surface area contributed by atoms with E-state index in [9.17, 15) is 21.6 Å². The number of ether oxygens (including phenoxy) is 1. The van der Waals surface area contributed by atoms with E-state index in [4.69, 9.17) is 16.3 Å². The van der Waals surface area contributed by atoms with Gasteiger partial charge in [0.2, 0.25) is 15.8 Å². The summed E-state index contributed by atoms with van der Waals surface area (Å²) in [5.74, 6) is -0.880. The zero-order valence-corrected chi connectivity index (χ0v) is 17.9. The molecule has 0 aliphatic carbocycles. The molecule has 1 aliphatic heterocycles. The summed E-state index contributed by atoms with van der Waals surface area (Å²) in [5.41, 5.74) is 0.279. The number of rotatable bonds is 4. The average Bonchev–Trinajstić information content (AvgIpc) is 3.14. The van der Waals surface area contributed by atoms with Gasteiger partial charge in [-0.15, -0.1) is 0 Å². The van der Waals surface area contributed by atoms with Gasteiger partial charge in [0.15, 0.2) is 5.65 Å². The highest BCUT2D eigenvalue weighted by Crippen LogP contribution is 2.37. The van der Waals surface area contributed by atoms with Crippen molar-refractivity contribution in [1.82, 2.24) is 18.8 Å². The lowest BCUT2D eigenvalue weighted by atomic mass is 10.1. The minimum Gasteiger partial charge on any atom is -0.495 e. The Morgan fingerprint density at radius 3 is 2.55 bits per heavy atom. The molecule has 0 unspecified atom stereocenters. The molecule has 0 amide bonds. The van der Waals surface area contributed by atoms with Gasteiger partial charge in [-0.25, -0.2) is 18.4 Å². The fraction of sp³-hybridized carbons (Fsp3) is 0.368. The number of pyridine rings is 1. The highest BCUT2D eigenvalue weighted by atomic mass is 35.5. The first-order valence-electron chi connectivity index (χ1n) is 9.37. The molecule has 1 aromatic carbocycles. The van der Waals surface area contributed by atoms with Crippen LogP contribution in [0.3, 0.4) is 0 Å². The summed E-state index contributed by atoms with van der Waals surface area (Å²) in [5, 5.41) is 0.236. The normalized spacial score (nSPS) is 16.7. The minimum absolute atomic E-state index is 0.0342. The maximum Gasteiger partial charge on any atom is 0.449 e. The Kier molecular flexibility index (Phi) is 5.61. The first-order valence-corrected chi connectivity index (χ1v) is 11.2. The Morgan fingerprint density at radius 2 is 1.90 bits per heavy atom. The van der Waals surface area contributed by atoms with Gasteiger partial charge in [0, 0.05) is 30.4 Å². The van der Waals surface area contributed by atoms with Crippen molar-refractivity contribution >= 4 is 32.8 Å². The summed E-state index contributed by atoms with van der Waals surface area (Å²) in [7, 11) is -2.59. The van der Waals surface area contributed by atoms with Crippen LogP contribution in [0.2, 0.25) is 5.02 Å². The molecule has 1 fully saturated rings. The number of nitrogens with zero attached hydrogens (tertiary/aromatic N) is 4. The second-order valence-electron chi connectivity index (χ2n) is 7.08. The molecule has 7 nitrogen and oxygen atoms in total. The molecule has 1 saturated heterocycles. The molecule has 1 aliphatic rings. The van der Waals surface area contributed by atoms with E-state index < -0.39 is 28.1 Å². The second-order valence-corrected chi connectivity index (χ2v) is 9.42. The van der Waals surface area contributed by atoms with E-state index in [0.29, 0.717) is 0 Å². The Balaban J connectivity index is 1.64. The molecule has 0 radical (unpaired) electrons. The number of aromatic nitrogens is 3. The van der Waals surface area contributed by atoms with Crippen LogP contribution in [0.1, 0.15) is 24.7 Å². The van der Waals surface area contributed by atoms with Crippen LogP contribution in [0.4, 0.5) is 13.2 Å². The number of sulfonamides is 1. The van der Waals surface area contributed by atoms with Gasteiger partial charge >= 0.3 is 6.18 Å². The van der Waals surface area contributed by atoms with E-state index in [1.54, 1.807) is 0 Å². The number of alkyl halides is 3. The molecule has 12 heteroatoms. The number of imidazole rings is 1. The van der Waals surface area contributed by atoms with Gasteiger partial charge in [-0.05, 0) is 43.2 Å². The van der Waals surface area contributed by atoms with E-state index >= 15 is 0 Å². The quantitative estimate of drug-likeness (QED) is 0.568. The lowest BCUT2D eigenvalue weighted by Gasteiger charge is -2.33. The van der Waals surface area contributed by atoms with Crippen molar-refractivity contribution in [2.45, 2.75) is 30.0 Å². The summed E-state index contributed by atoms with van der Waals surface area (Å²) in [4.78, 5) is 7.72. The molecular weight excluding hydrogens is 457 g/mol. The summed E-state index contributed by atoms with van der Waals surface area (Å²) in [6.45, 7) is 0.0684. The molecule has 0 spiro atoms. The highest BCUT2D eigenvalue weighted by molar-refractivity contribution is 7.89. The third-order valence-corrected chi connectivity index (χ3v) is 7.39. The first-order chi connectivity index (χ1) is 14.6. The maximum absolute atomic E-state index is 13.6. The summed E-state index contributed by atoms with van der Waals surface area (Å²) < 4.78 is 74.5. The average molecular weight is 475 g/mol. The van der Waals surface area contributed by atoms with Crippen LogP contribution in [0.5, 0.6) is 5.75 Å². The number of methoxy groups -OCH3 is 1. The van der Waals surface area contributed by atoms with E-state index in [-0.39, 0.29) is 52.8 Å². The molecule has 3 heterocycles. The van der Waals surface area contributed by atoms with Crippen molar-refractivity contribution in [2.75, 3.05) is 20.2 Å². The Labute approximate surface area is 181 Å². The van der Waals surface area contributed by atoms with Gasteiger partial charge in [0.1, 0.15) is 16.2 Å². The smallest absolute Gasteiger partial charge is 0.449 e. The predicted octanol–water partition coefficient (Wildman–Crippen LogP) is 4.14. The number of hydrogen-bond acceptors (Lipinski definition) is 5. The van der Waals surface area contributed by atoms with E-state index in [2.05, 4.69) is 9.97 Å². The van der Waals surface area contributed by atoms with Crippen molar-refractivity contribution in [2.24, 2.45) is 0 Å². The monoisotopic (exact) mass is 474 g/mol. The highest BCUT2D eigenvalue weighted by Gasteiger charge is 2.41. The van der Waals surface area contributed by atoms with E-state index in [1.165, 1.54) is 47.9 Å². The van der Waals surface area contributed by atoms with Crippen LogP contribution >= 0.6 is 11.6 Å². The summed E-state index contributed by atoms with van der Waals surface area (Å²) >= 11 is 5.96. The standard InChI is InChI=1S/C19H18ClF3N4O3S/c1-30-15-5-4-12(20)11-16(15)31(28,29)26-9-6-13(7-10-26)27-17-14(3-2-8-24-17)25-18(27)19(21,22)23/h2-5,8,11,13H,6-7,9-10H2,1H3. The predicted molar refractivity (Wildman–Crippen MR) is 108 cm³/mol. The molecule has 3 aromatic rings. The third-order valence-electron chi connectivity index (χ3n) is 5.23. The van der Waals surface area contributed by atoms with Gasteiger partial charge in [0.05, 0.1) is 7.11 Å². The van der Waals surface area contributed by atoms with Crippen molar-refractivity contribution in [3.05, 3.63) is 47.4 Å². The Hall–Kier alpha value is -2.37. The van der Waals surface area contributed by atoms with Gasteiger partial charge in [-0.3, -0.25) is 0 Å². The zero-order valence-electron chi connectivity index (χ0n) is 16.3. The Bertz CT molecular complexity index is 1220. The first kappa shape index (κ1) is 21.8. The number of fused-ring (bicyclic) bond motifs is 1. The number of piperidine rings is 1. The van der Waals surface area contributed by atoms with Crippen LogP contribution in [0.25, 0.3) is 11.2 Å². The second kappa shape index (κ2) is 7.95. The fourth-order valence-electron chi connectivity index (χ4n) is 3.81. The van der Waals surface area contributed by atoms with Gasteiger partial charge in [-0.2, -0.15) is 17.5 Å². The molecule has 31 heavy (non-hydrogen) atoms. The Morgan fingerprint density at radius 1 is 1.19 bits per heavy atom. The van der Waals surface area contributed by atoms with Crippen molar-refractivity contribution in [1.29, 1.82) is 0 Å². The third kappa shape index (κ3) is 3.97. The molecule has 166 valence electrons. The zero-order chi connectivity index (χ0) is 22.4. The topological polar surface area (TPSA) is 77.3 Å². The molecule has 0 N–H and O–H groups in total.